The Morgan fingerprint density at radius 2 is 2.12 bits per heavy atom. The highest BCUT2D eigenvalue weighted by Gasteiger charge is 2.05. The van der Waals surface area contributed by atoms with E-state index in [2.05, 4.69) is 29.4 Å². The first-order valence-corrected chi connectivity index (χ1v) is 5.94. The van der Waals surface area contributed by atoms with Crippen LogP contribution < -0.4 is 5.32 Å². The summed E-state index contributed by atoms with van der Waals surface area (Å²) in [6.45, 7) is 2.86. The van der Waals surface area contributed by atoms with Gasteiger partial charge >= 0.3 is 0 Å². The van der Waals surface area contributed by atoms with Crippen LogP contribution in [0.2, 0.25) is 5.02 Å². The van der Waals surface area contributed by atoms with E-state index in [0.29, 0.717) is 0 Å². The highest BCUT2D eigenvalue weighted by Crippen LogP contribution is 2.27. The second kappa shape index (κ2) is 5.30. The topological polar surface area (TPSA) is 24.9 Å². The summed E-state index contributed by atoms with van der Waals surface area (Å²) in [5, 5.41) is 3.89. The number of nitrogens with zero attached hydrogens (tertiary/aromatic N) is 1. The second-order valence-electron chi connectivity index (χ2n) is 4.03. The number of nitrogens with one attached hydrogen (secondary N) is 1. The van der Waals surface area contributed by atoms with Gasteiger partial charge in [0.15, 0.2) is 0 Å². The summed E-state index contributed by atoms with van der Waals surface area (Å²) in [5.74, 6) is 0. The predicted molar refractivity (Wildman–Crippen MR) is 72.2 cm³/mol. The van der Waals surface area contributed by atoms with Crippen molar-refractivity contribution in [1.29, 1.82) is 0 Å². The summed E-state index contributed by atoms with van der Waals surface area (Å²) < 4.78 is 0. The molecule has 17 heavy (non-hydrogen) atoms. The molecule has 1 aromatic heterocycles. The molecule has 0 saturated heterocycles. The summed E-state index contributed by atoms with van der Waals surface area (Å²) in [5.41, 5.74) is 4.56. The largest absolute Gasteiger partial charge is 0.316 e. The van der Waals surface area contributed by atoms with Gasteiger partial charge < -0.3 is 5.32 Å². The van der Waals surface area contributed by atoms with E-state index in [1.54, 1.807) is 6.20 Å². The molecule has 88 valence electrons. The van der Waals surface area contributed by atoms with Crippen molar-refractivity contribution in [2.45, 2.75) is 13.5 Å². The van der Waals surface area contributed by atoms with Crippen LogP contribution in [0.1, 0.15) is 11.1 Å². The van der Waals surface area contributed by atoms with Crippen LogP contribution in [0.4, 0.5) is 0 Å². The van der Waals surface area contributed by atoms with Crippen LogP contribution in [0.5, 0.6) is 0 Å². The molecule has 0 spiro atoms. The quantitative estimate of drug-likeness (QED) is 0.898. The Morgan fingerprint density at radius 3 is 2.76 bits per heavy atom. The summed E-state index contributed by atoms with van der Waals surface area (Å²) in [6, 6.07) is 8.15. The number of hydrogen-bond donors (Lipinski definition) is 1. The number of benzene rings is 1. The smallest absolute Gasteiger partial charge is 0.0457 e. The lowest BCUT2D eigenvalue weighted by Gasteiger charge is -2.08. The molecular weight excluding hydrogens is 232 g/mol. The first-order chi connectivity index (χ1) is 8.22. The minimum atomic E-state index is 0.783. The van der Waals surface area contributed by atoms with Crippen molar-refractivity contribution in [3.8, 4) is 11.1 Å². The van der Waals surface area contributed by atoms with Crippen molar-refractivity contribution >= 4 is 11.6 Å². The Kier molecular flexibility index (Phi) is 3.77. The highest BCUT2D eigenvalue weighted by atomic mass is 35.5. The lowest BCUT2D eigenvalue weighted by atomic mass is 10.0. The van der Waals surface area contributed by atoms with E-state index >= 15 is 0 Å². The number of aryl methyl sites for hydroxylation is 1. The number of aromatic nitrogens is 1. The van der Waals surface area contributed by atoms with Gasteiger partial charge in [0.25, 0.3) is 0 Å². The second-order valence-corrected chi connectivity index (χ2v) is 4.43. The van der Waals surface area contributed by atoms with Gasteiger partial charge in [0, 0.05) is 29.5 Å². The van der Waals surface area contributed by atoms with E-state index < -0.39 is 0 Å². The van der Waals surface area contributed by atoms with E-state index in [4.69, 9.17) is 11.6 Å². The van der Waals surface area contributed by atoms with E-state index in [0.717, 1.165) is 28.3 Å². The van der Waals surface area contributed by atoms with Crippen LogP contribution in [-0.2, 0) is 6.54 Å². The number of halogens is 1. The molecule has 3 heteroatoms. The molecule has 0 aliphatic rings. The summed E-state index contributed by atoms with van der Waals surface area (Å²) in [7, 11) is 1.91. The van der Waals surface area contributed by atoms with Gasteiger partial charge in [-0.1, -0.05) is 23.7 Å². The molecule has 2 aromatic rings. The molecule has 0 unspecified atom stereocenters. The summed E-state index contributed by atoms with van der Waals surface area (Å²) in [6.07, 6.45) is 3.68. The van der Waals surface area contributed by atoms with Gasteiger partial charge in [0.2, 0.25) is 0 Å². The van der Waals surface area contributed by atoms with E-state index in [1.165, 1.54) is 5.56 Å². The molecule has 0 aliphatic heterocycles. The Labute approximate surface area is 107 Å². The Bertz CT molecular complexity index is 523. The molecule has 0 saturated carbocycles. The maximum Gasteiger partial charge on any atom is 0.0457 e. The fourth-order valence-corrected chi connectivity index (χ4v) is 2.06. The summed E-state index contributed by atoms with van der Waals surface area (Å²) >= 11 is 6.25. The standard InChI is InChI=1S/C14H15ClN2/c1-10-5-6-17-9-13(10)11-3-4-12(8-16-2)14(15)7-11/h3-7,9,16H,8H2,1-2H3. The molecule has 2 nitrogen and oxygen atoms in total. The van der Waals surface area contributed by atoms with Crippen molar-refractivity contribution in [3.63, 3.8) is 0 Å². The molecule has 1 heterocycles. The first-order valence-electron chi connectivity index (χ1n) is 5.56. The molecule has 0 amide bonds. The Morgan fingerprint density at radius 1 is 1.29 bits per heavy atom. The van der Waals surface area contributed by atoms with Gasteiger partial charge in [0.1, 0.15) is 0 Å². The molecule has 0 fully saturated rings. The lowest BCUT2D eigenvalue weighted by Crippen LogP contribution is -2.05. The molecule has 0 bridgehead atoms. The van der Waals surface area contributed by atoms with Crippen LogP contribution >= 0.6 is 11.6 Å². The maximum absolute atomic E-state index is 6.25. The SMILES string of the molecule is CNCc1ccc(-c2cnccc2C)cc1Cl. The van der Waals surface area contributed by atoms with E-state index in [-0.39, 0.29) is 0 Å². The molecule has 1 N–H and O–H groups in total. The monoisotopic (exact) mass is 246 g/mol. The van der Waals surface area contributed by atoms with Crippen LogP contribution in [0.25, 0.3) is 11.1 Å². The molecule has 0 atom stereocenters. The molecule has 1 aromatic carbocycles. The number of pyridine rings is 1. The minimum Gasteiger partial charge on any atom is -0.316 e. The average Bonchev–Trinajstić information content (AvgIpc) is 2.33. The predicted octanol–water partition coefficient (Wildman–Crippen LogP) is 3.43. The van der Waals surface area contributed by atoms with Crippen LogP contribution in [0.15, 0.2) is 36.7 Å². The third kappa shape index (κ3) is 2.65. The molecule has 2 rings (SSSR count). The minimum absolute atomic E-state index is 0.783. The zero-order valence-corrected chi connectivity index (χ0v) is 10.8. The third-order valence-electron chi connectivity index (χ3n) is 2.77. The normalized spacial score (nSPS) is 10.5. The first kappa shape index (κ1) is 12.1. The van der Waals surface area contributed by atoms with Crippen LogP contribution in [-0.4, -0.2) is 12.0 Å². The zero-order valence-electron chi connectivity index (χ0n) is 10.00. The van der Waals surface area contributed by atoms with Gasteiger partial charge in [-0.3, -0.25) is 4.98 Å². The van der Waals surface area contributed by atoms with Crippen molar-refractivity contribution in [2.24, 2.45) is 0 Å². The third-order valence-corrected chi connectivity index (χ3v) is 3.12. The van der Waals surface area contributed by atoms with Crippen LogP contribution in [0, 0.1) is 6.92 Å². The molecular formula is C14H15ClN2. The van der Waals surface area contributed by atoms with Crippen LogP contribution in [0.3, 0.4) is 0 Å². The van der Waals surface area contributed by atoms with Gasteiger partial charge in [-0.05, 0) is 42.8 Å². The Hall–Kier alpha value is -1.38. The highest BCUT2D eigenvalue weighted by molar-refractivity contribution is 6.31. The van der Waals surface area contributed by atoms with E-state index in [9.17, 15) is 0 Å². The molecule has 0 radical (unpaired) electrons. The van der Waals surface area contributed by atoms with Gasteiger partial charge in [-0.2, -0.15) is 0 Å². The van der Waals surface area contributed by atoms with Crippen molar-refractivity contribution in [1.82, 2.24) is 10.3 Å². The van der Waals surface area contributed by atoms with Gasteiger partial charge in [-0.15, -0.1) is 0 Å². The van der Waals surface area contributed by atoms with Gasteiger partial charge in [0.05, 0.1) is 0 Å². The lowest BCUT2D eigenvalue weighted by molar-refractivity contribution is 0.818. The fraction of sp³-hybridized carbons (Fsp3) is 0.214. The Balaban J connectivity index is 2.41. The summed E-state index contributed by atoms with van der Waals surface area (Å²) in [4.78, 5) is 4.15. The zero-order chi connectivity index (χ0) is 12.3. The molecule has 0 aliphatic carbocycles. The van der Waals surface area contributed by atoms with Gasteiger partial charge in [-0.25, -0.2) is 0 Å². The maximum atomic E-state index is 6.25. The number of rotatable bonds is 3. The fourth-order valence-electron chi connectivity index (χ4n) is 1.81. The number of hydrogen-bond acceptors (Lipinski definition) is 2. The van der Waals surface area contributed by atoms with E-state index in [1.807, 2.05) is 25.4 Å². The van der Waals surface area contributed by atoms with Crippen molar-refractivity contribution < 1.29 is 0 Å². The van der Waals surface area contributed by atoms with Crippen molar-refractivity contribution in [2.75, 3.05) is 7.05 Å². The average molecular weight is 247 g/mol. The van der Waals surface area contributed by atoms with Crippen molar-refractivity contribution in [3.05, 3.63) is 52.8 Å².